The van der Waals surface area contributed by atoms with Crippen LogP contribution in [0.25, 0.3) is 0 Å². The zero-order valence-electron chi connectivity index (χ0n) is 12.6. The minimum absolute atomic E-state index is 0.140. The number of carbonyl (C=O) groups excluding carboxylic acids is 1. The zero-order chi connectivity index (χ0) is 16.8. The van der Waals surface area contributed by atoms with E-state index in [9.17, 15) is 4.79 Å². The lowest BCUT2D eigenvalue weighted by Crippen LogP contribution is -2.34. The molecular weight excluding hydrogens is 336 g/mol. The van der Waals surface area contributed by atoms with Crippen LogP contribution in [0.15, 0.2) is 42.5 Å². The van der Waals surface area contributed by atoms with Gasteiger partial charge in [-0.2, -0.15) is 0 Å². The number of hydrogen-bond donors (Lipinski definition) is 2. The first-order valence-electron chi connectivity index (χ1n) is 6.64. The van der Waals surface area contributed by atoms with Gasteiger partial charge in [0.25, 0.3) is 5.91 Å². The van der Waals surface area contributed by atoms with Gasteiger partial charge in [-0.25, -0.2) is 0 Å². The molecule has 0 atom stereocenters. The molecule has 5 nitrogen and oxygen atoms in total. The maximum absolute atomic E-state index is 12.1. The second-order valence-electron chi connectivity index (χ2n) is 4.46. The number of amides is 1. The average molecular weight is 351 g/mol. The number of ether oxygens (including phenoxy) is 2. The van der Waals surface area contributed by atoms with Crippen molar-refractivity contribution in [3.8, 4) is 11.5 Å². The van der Waals surface area contributed by atoms with E-state index in [-0.39, 0.29) is 11.0 Å². The van der Waals surface area contributed by atoms with E-state index in [1.807, 2.05) is 6.07 Å². The van der Waals surface area contributed by atoms with Gasteiger partial charge in [-0.05, 0) is 24.4 Å². The van der Waals surface area contributed by atoms with E-state index in [1.54, 1.807) is 36.4 Å². The number of anilines is 1. The van der Waals surface area contributed by atoms with Crippen LogP contribution >= 0.6 is 23.8 Å². The van der Waals surface area contributed by atoms with Gasteiger partial charge in [0.05, 0.1) is 24.9 Å². The monoisotopic (exact) mass is 350 g/mol. The smallest absolute Gasteiger partial charge is 0.257 e. The number of thiocarbonyl (C=S) groups is 1. The number of hydrogen-bond acceptors (Lipinski definition) is 4. The maximum atomic E-state index is 12.1. The van der Waals surface area contributed by atoms with Gasteiger partial charge in [0.15, 0.2) is 5.11 Å². The van der Waals surface area contributed by atoms with E-state index >= 15 is 0 Å². The van der Waals surface area contributed by atoms with Crippen LogP contribution in [0.1, 0.15) is 10.4 Å². The highest BCUT2D eigenvalue weighted by Crippen LogP contribution is 2.35. The van der Waals surface area contributed by atoms with E-state index in [2.05, 4.69) is 10.6 Å². The van der Waals surface area contributed by atoms with Crippen LogP contribution < -0.4 is 20.1 Å². The second-order valence-corrected chi connectivity index (χ2v) is 5.28. The van der Waals surface area contributed by atoms with Crippen molar-refractivity contribution in [3.63, 3.8) is 0 Å². The van der Waals surface area contributed by atoms with Crippen molar-refractivity contribution in [3.05, 3.63) is 53.1 Å². The predicted molar refractivity (Wildman–Crippen MR) is 94.7 cm³/mol. The zero-order valence-corrected chi connectivity index (χ0v) is 14.1. The van der Waals surface area contributed by atoms with Crippen LogP contribution in [0.2, 0.25) is 5.02 Å². The molecule has 0 aliphatic rings. The maximum Gasteiger partial charge on any atom is 0.257 e. The number of benzene rings is 2. The second kappa shape index (κ2) is 7.80. The fraction of sp³-hybridized carbons (Fsp3) is 0.125. The number of halogens is 1. The normalized spacial score (nSPS) is 9.87. The Balaban J connectivity index is 2.12. The molecule has 120 valence electrons. The predicted octanol–water partition coefficient (Wildman–Crippen LogP) is 3.48. The summed E-state index contributed by atoms with van der Waals surface area (Å²) < 4.78 is 10.4. The summed E-state index contributed by atoms with van der Waals surface area (Å²) in [5.41, 5.74) is 1.05. The molecule has 0 saturated carbocycles. The SMILES string of the molecule is COc1cc(NC(=S)NC(=O)c2ccccc2)c(OC)cc1Cl. The number of methoxy groups -OCH3 is 2. The average Bonchev–Trinajstić information content (AvgIpc) is 2.56. The van der Waals surface area contributed by atoms with Crippen LogP contribution in [0.5, 0.6) is 11.5 Å². The standard InChI is InChI=1S/C16H15ClN2O3S/c1-21-13-9-12(14(22-2)8-11(13)17)18-16(23)19-15(20)10-6-4-3-5-7-10/h3-9H,1-2H3,(H2,18,19,20,23). The van der Waals surface area contributed by atoms with Crippen LogP contribution in [-0.2, 0) is 0 Å². The van der Waals surface area contributed by atoms with Gasteiger partial charge in [-0.15, -0.1) is 0 Å². The summed E-state index contributed by atoms with van der Waals surface area (Å²) in [7, 11) is 3.02. The lowest BCUT2D eigenvalue weighted by Gasteiger charge is -2.15. The van der Waals surface area contributed by atoms with E-state index in [4.69, 9.17) is 33.3 Å². The Kier molecular flexibility index (Phi) is 5.78. The molecule has 2 aromatic carbocycles. The Morgan fingerprint density at radius 1 is 1.09 bits per heavy atom. The van der Waals surface area contributed by atoms with Crippen molar-refractivity contribution in [1.29, 1.82) is 0 Å². The molecule has 0 aliphatic heterocycles. The van der Waals surface area contributed by atoms with E-state index < -0.39 is 0 Å². The Bertz CT molecular complexity index is 723. The minimum atomic E-state index is -0.303. The van der Waals surface area contributed by atoms with Crippen LogP contribution in [0.4, 0.5) is 5.69 Å². The highest BCUT2D eigenvalue weighted by Gasteiger charge is 2.13. The highest BCUT2D eigenvalue weighted by molar-refractivity contribution is 7.80. The molecular formula is C16H15ClN2O3S. The van der Waals surface area contributed by atoms with Gasteiger partial charge in [0.2, 0.25) is 0 Å². The fourth-order valence-corrected chi connectivity index (χ4v) is 2.31. The molecule has 0 heterocycles. The number of nitrogens with one attached hydrogen (secondary N) is 2. The molecule has 2 N–H and O–H groups in total. The third-order valence-electron chi connectivity index (χ3n) is 2.99. The van der Waals surface area contributed by atoms with Crippen molar-refractivity contribution >= 4 is 40.5 Å². The van der Waals surface area contributed by atoms with E-state index in [0.29, 0.717) is 27.8 Å². The van der Waals surface area contributed by atoms with Crippen molar-refractivity contribution in [2.45, 2.75) is 0 Å². The summed E-state index contributed by atoms with van der Waals surface area (Å²) in [4.78, 5) is 12.1. The number of rotatable bonds is 4. The Morgan fingerprint density at radius 2 is 1.74 bits per heavy atom. The molecule has 0 bridgehead atoms. The van der Waals surface area contributed by atoms with Crippen molar-refractivity contribution < 1.29 is 14.3 Å². The van der Waals surface area contributed by atoms with Gasteiger partial charge in [-0.3, -0.25) is 10.1 Å². The third kappa shape index (κ3) is 4.34. The van der Waals surface area contributed by atoms with Gasteiger partial charge in [-0.1, -0.05) is 29.8 Å². The third-order valence-corrected chi connectivity index (χ3v) is 3.48. The molecule has 0 unspecified atom stereocenters. The summed E-state index contributed by atoms with van der Waals surface area (Å²) >= 11 is 11.2. The van der Waals surface area contributed by atoms with Crippen molar-refractivity contribution in [2.75, 3.05) is 19.5 Å². The summed E-state index contributed by atoms with van der Waals surface area (Å²) in [5.74, 6) is 0.641. The molecule has 7 heteroatoms. The number of carbonyl (C=O) groups is 1. The molecule has 0 spiro atoms. The summed E-state index contributed by atoms with van der Waals surface area (Å²) in [6, 6.07) is 12.0. The summed E-state index contributed by atoms with van der Waals surface area (Å²) in [6.07, 6.45) is 0. The molecule has 23 heavy (non-hydrogen) atoms. The van der Waals surface area contributed by atoms with Gasteiger partial charge in [0, 0.05) is 17.7 Å². The van der Waals surface area contributed by atoms with Crippen LogP contribution in [0, 0.1) is 0 Å². The topological polar surface area (TPSA) is 59.6 Å². The van der Waals surface area contributed by atoms with Gasteiger partial charge >= 0.3 is 0 Å². The largest absolute Gasteiger partial charge is 0.495 e. The van der Waals surface area contributed by atoms with Crippen molar-refractivity contribution in [1.82, 2.24) is 5.32 Å². The summed E-state index contributed by atoms with van der Waals surface area (Å²) in [5, 5.41) is 6.05. The van der Waals surface area contributed by atoms with E-state index in [1.165, 1.54) is 14.2 Å². The first kappa shape index (κ1) is 17.1. The molecule has 2 rings (SSSR count). The Hall–Kier alpha value is -2.31. The lowest BCUT2D eigenvalue weighted by molar-refractivity contribution is 0.0977. The fourth-order valence-electron chi connectivity index (χ4n) is 1.88. The summed E-state index contributed by atoms with van der Waals surface area (Å²) in [6.45, 7) is 0. The molecule has 0 aromatic heterocycles. The Labute approximate surface area is 144 Å². The van der Waals surface area contributed by atoms with E-state index in [0.717, 1.165) is 0 Å². The molecule has 0 aliphatic carbocycles. The first-order valence-corrected chi connectivity index (χ1v) is 7.42. The van der Waals surface area contributed by atoms with Crippen molar-refractivity contribution in [2.24, 2.45) is 0 Å². The molecule has 2 aromatic rings. The highest BCUT2D eigenvalue weighted by atomic mass is 35.5. The lowest BCUT2D eigenvalue weighted by atomic mass is 10.2. The molecule has 0 saturated heterocycles. The van der Waals surface area contributed by atoms with Gasteiger partial charge < -0.3 is 14.8 Å². The first-order chi connectivity index (χ1) is 11.0. The minimum Gasteiger partial charge on any atom is -0.495 e. The molecule has 1 amide bonds. The Morgan fingerprint density at radius 3 is 2.35 bits per heavy atom. The molecule has 0 fully saturated rings. The van der Waals surface area contributed by atoms with Crippen LogP contribution in [-0.4, -0.2) is 25.2 Å². The molecule has 0 radical (unpaired) electrons. The quantitative estimate of drug-likeness (QED) is 0.827. The van der Waals surface area contributed by atoms with Crippen LogP contribution in [0.3, 0.4) is 0 Å². The van der Waals surface area contributed by atoms with Gasteiger partial charge in [0.1, 0.15) is 11.5 Å².